The first-order chi connectivity index (χ1) is 19.9. The summed E-state index contributed by atoms with van der Waals surface area (Å²) in [7, 11) is 0. The maximum absolute atomic E-state index is 13.7. The number of carboxylic acid groups (broad SMARTS) is 2. The van der Waals surface area contributed by atoms with E-state index in [1.165, 1.54) is 0 Å². The molecule has 224 valence electrons. The Morgan fingerprint density at radius 1 is 0.786 bits per heavy atom. The molecular weight excluding hydrogens is 542 g/mol. The molecule has 0 saturated heterocycles. The molecule has 0 bridgehead atoms. The van der Waals surface area contributed by atoms with E-state index in [4.69, 9.17) is 10.8 Å². The van der Waals surface area contributed by atoms with E-state index in [-0.39, 0.29) is 18.8 Å². The van der Waals surface area contributed by atoms with Crippen molar-refractivity contribution >= 4 is 40.6 Å². The number of hydrogen-bond acceptors (Lipinski definition) is 6. The number of amides is 3. The summed E-state index contributed by atoms with van der Waals surface area (Å²) in [6.45, 7) is 3.84. The Morgan fingerprint density at radius 3 is 1.98 bits per heavy atom. The standard InChI is InChI=1S/C30H37N5O7/c1-17(2)12-21(31)27(38)33-24(14-19-16-32-22-11-7-6-10-20(19)22)29(40)34-23(13-18-8-4-3-5-9-18)28(39)35-25(30(41)42)15-26(36)37/h3-11,16-17,21,23-25,32H,12-15,31H2,1-2H3,(H,33,38)(H,34,40)(H,35,39)(H,36,37)(H,41,42). The highest BCUT2D eigenvalue weighted by Crippen LogP contribution is 2.19. The molecule has 42 heavy (non-hydrogen) atoms. The van der Waals surface area contributed by atoms with Gasteiger partial charge in [0.2, 0.25) is 17.7 Å². The van der Waals surface area contributed by atoms with Crippen molar-refractivity contribution in [1.82, 2.24) is 20.9 Å². The van der Waals surface area contributed by atoms with E-state index < -0.39 is 60.2 Å². The summed E-state index contributed by atoms with van der Waals surface area (Å²) in [4.78, 5) is 65.9. The first-order valence-corrected chi connectivity index (χ1v) is 13.6. The van der Waals surface area contributed by atoms with Crippen molar-refractivity contribution in [3.05, 3.63) is 71.9 Å². The molecule has 3 amide bonds. The van der Waals surface area contributed by atoms with Gasteiger partial charge >= 0.3 is 11.9 Å². The highest BCUT2D eigenvalue weighted by atomic mass is 16.4. The van der Waals surface area contributed by atoms with Crippen molar-refractivity contribution in [3.63, 3.8) is 0 Å². The number of aliphatic carboxylic acids is 2. The van der Waals surface area contributed by atoms with Gasteiger partial charge in [-0.15, -0.1) is 0 Å². The first kappa shape index (κ1) is 31.8. The number of nitrogens with two attached hydrogens (primary N) is 1. The third-order valence-electron chi connectivity index (χ3n) is 6.70. The van der Waals surface area contributed by atoms with Gasteiger partial charge in [0.25, 0.3) is 0 Å². The Kier molecular flexibility index (Phi) is 11.2. The normalized spacial score (nSPS) is 14.0. The van der Waals surface area contributed by atoms with Crippen molar-refractivity contribution < 1.29 is 34.2 Å². The van der Waals surface area contributed by atoms with E-state index in [1.807, 2.05) is 38.1 Å². The average molecular weight is 580 g/mol. The van der Waals surface area contributed by atoms with Crippen LogP contribution in [0.2, 0.25) is 0 Å². The monoisotopic (exact) mass is 579 g/mol. The third kappa shape index (κ3) is 9.16. The fourth-order valence-electron chi connectivity index (χ4n) is 4.60. The number of H-pyrrole nitrogens is 1. The average Bonchev–Trinajstić information content (AvgIpc) is 3.34. The van der Waals surface area contributed by atoms with Gasteiger partial charge in [0, 0.05) is 29.9 Å². The van der Waals surface area contributed by atoms with Crippen LogP contribution in [0.25, 0.3) is 10.9 Å². The van der Waals surface area contributed by atoms with Crippen molar-refractivity contribution in [1.29, 1.82) is 0 Å². The lowest BCUT2D eigenvalue weighted by Crippen LogP contribution is -2.58. The zero-order valence-electron chi connectivity index (χ0n) is 23.5. The minimum atomic E-state index is -1.71. The Hall–Kier alpha value is -4.71. The molecule has 3 aromatic rings. The molecule has 0 aliphatic rings. The van der Waals surface area contributed by atoms with Crippen LogP contribution in [-0.4, -0.2) is 69.0 Å². The van der Waals surface area contributed by atoms with E-state index in [0.29, 0.717) is 12.0 Å². The molecule has 0 radical (unpaired) electrons. The van der Waals surface area contributed by atoms with Crippen molar-refractivity contribution in [2.75, 3.05) is 0 Å². The second kappa shape index (κ2) is 14.8. The Balaban J connectivity index is 1.89. The van der Waals surface area contributed by atoms with Gasteiger partial charge in [-0.2, -0.15) is 0 Å². The van der Waals surface area contributed by atoms with Crippen LogP contribution in [-0.2, 0) is 36.8 Å². The van der Waals surface area contributed by atoms with Gasteiger partial charge < -0.3 is 36.9 Å². The van der Waals surface area contributed by atoms with Crippen LogP contribution in [0.1, 0.15) is 37.8 Å². The van der Waals surface area contributed by atoms with Crippen LogP contribution in [0.4, 0.5) is 0 Å². The van der Waals surface area contributed by atoms with Gasteiger partial charge in [0.1, 0.15) is 18.1 Å². The number of hydrogen-bond donors (Lipinski definition) is 7. The van der Waals surface area contributed by atoms with Crippen LogP contribution < -0.4 is 21.7 Å². The number of benzene rings is 2. The summed E-state index contributed by atoms with van der Waals surface area (Å²) >= 11 is 0. The van der Waals surface area contributed by atoms with E-state index in [2.05, 4.69) is 20.9 Å². The predicted molar refractivity (Wildman–Crippen MR) is 155 cm³/mol. The number of aromatic nitrogens is 1. The molecule has 0 spiro atoms. The van der Waals surface area contributed by atoms with E-state index in [0.717, 1.165) is 16.5 Å². The zero-order valence-corrected chi connectivity index (χ0v) is 23.5. The molecule has 1 aromatic heterocycles. The van der Waals surface area contributed by atoms with Crippen LogP contribution in [0.5, 0.6) is 0 Å². The number of carbonyl (C=O) groups is 5. The Morgan fingerprint density at radius 2 is 1.36 bits per heavy atom. The van der Waals surface area contributed by atoms with E-state index in [9.17, 15) is 29.1 Å². The van der Waals surface area contributed by atoms with E-state index in [1.54, 1.807) is 36.5 Å². The molecule has 1 heterocycles. The van der Waals surface area contributed by atoms with Gasteiger partial charge in [0.15, 0.2) is 0 Å². The molecule has 0 saturated carbocycles. The molecule has 0 fully saturated rings. The second-order valence-corrected chi connectivity index (χ2v) is 10.6. The minimum absolute atomic E-state index is 0.0154. The van der Waals surface area contributed by atoms with Gasteiger partial charge in [0.05, 0.1) is 12.5 Å². The molecular formula is C30H37N5O7. The minimum Gasteiger partial charge on any atom is -0.481 e. The van der Waals surface area contributed by atoms with Crippen molar-refractivity contribution in [3.8, 4) is 0 Å². The number of fused-ring (bicyclic) bond motifs is 1. The number of rotatable bonds is 15. The van der Waals surface area contributed by atoms with E-state index >= 15 is 0 Å². The fourth-order valence-corrected chi connectivity index (χ4v) is 4.60. The largest absolute Gasteiger partial charge is 0.481 e. The molecule has 3 rings (SSSR count). The van der Waals surface area contributed by atoms with Gasteiger partial charge in [-0.05, 0) is 29.5 Å². The zero-order chi connectivity index (χ0) is 30.8. The second-order valence-electron chi connectivity index (χ2n) is 10.6. The van der Waals surface area contributed by atoms with Gasteiger partial charge in [-0.3, -0.25) is 19.2 Å². The Labute approximate surface area is 243 Å². The number of nitrogens with one attached hydrogen (secondary N) is 4. The smallest absolute Gasteiger partial charge is 0.326 e. The van der Waals surface area contributed by atoms with Crippen LogP contribution in [0.3, 0.4) is 0 Å². The first-order valence-electron chi connectivity index (χ1n) is 13.6. The number of aromatic amines is 1. The third-order valence-corrected chi connectivity index (χ3v) is 6.70. The molecule has 0 aliphatic heterocycles. The summed E-state index contributed by atoms with van der Waals surface area (Å²) in [5.41, 5.74) is 8.34. The molecule has 2 aromatic carbocycles. The summed E-state index contributed by atoms with van der Waals surface area (Å²) in [5.74, 6) is -4.90. The van der Waals surface area contributed by atoms with Crippen molar-refractivity contribution in [2.24, 2.45) is 11.7 Å². The molecule has 8 N–H and O–H groups in total. The SMILES string of the molecule is CC(C)CC(N)C(=O)NC(Cc1c[nH]c2ccccc12)C(=O)NC(Cc1ccccc1)C(=O)NC(CC(=O)O)C(=O)O. The maximum Gasteiger partial charge on any atom is 0.326 e. The predicted octanol–water partition coefficient (Wildman–Crippen LogP) is 1.34. The summed E-state index contributed by atoms with van der Waals surface area (Å²) in [6.07, 6.45) is 1.35. The maximum atomic E-state index is 13.7. The summed E-state index contributed by atoms with van der Waals surface area (Å²) < 4.78 is 0. The summed E-state index contributed by atoms with van der Waals surface area (Å²) in [5, 5.41) is 27.0. The topological polar surface area (TPSA) is 204 Å². The van der Waals surface area contributed by atoms with Crippen LogP contribution >= 0.6 is 0 Å². The Bertz CT molecular complexity index is 1410. The van der Waals surface area contributed by atoms with Gasteiger partial charge in [-0.25, -0.2) is 4.79 Å². The fraction of sp³-hybridized carbons (Fsp3) is 0.367. The van der Waals surface area contributed by atoms with Gasteiger partial charge in [-0.1, -0.05) is 62.4 Å². The molecule has 12 heteroatoms. The highest BCUT2D eigenvalue weighted by Gasteiger charge is 2.32. The molecule has 4 atom stereocenters. The lowest BCUT2D eigenvalue weighted by Gasteiger charge is -2.25. The lowest BCUT2D eigenvalue weighted by molar-refractivity contribution is -0.147. The van der Waals surface area contributed by atoms with Crippen molar-refractivity contribution in [2.45, 2.75) is 63.7 Å². The summed E-state index contributed by atoms with van der Waals surface area (Å²) in [6, 6.07) is 11.2. The number of carboxylic acids is 2. The lowest BCUT2D eigenvalue weighted by atomic mass is 10.00. The number of carbonyl (C=O) groups excluding carboxylic acids is 3. The molecule has 4 unspecified atom stereocenters. The number of para-hydroxylation sites is 1. The molecule has 12 nitrogen and oxygen atoms in total. The van der Waals surface area contributed by atoms with Crippen LogP contribution in [0, 0.1) is 5.92 Å². The van der Waals surface area contributed by atoms with Crippen LogP contribution in [0.15, 0.2) is 60.8 Å². The highest BCUT2D eigenvalue weighted by molar-refractivity contribution is 5.95. The molecule has 0 aliphatic carbocycles. The quantitative estimate of drug-likeness (QED) is 0.140.